The molecule has 6 nitrogen and oxygen atoms in total. The maximum Gasteiger partial charge on any atom is 0.251 e. The minimum atomic E-state index is -0.124. The molecule has 0 saturated carbocycles. The average Bonchev–Trinajstić information content (AvgIpc) is 2.88. The molecular formula is C27H26N4O2. The summed E-state index contributed by atoms with van der Waals surface area (Å²) in [6.07, 6.45) is 2.70. The fraction of sp³-hybridized carbons (Fsp3) is 0.148. The van der Waals surface area contributed by atoms with Crippen LogP contribution in [0, 0.1) is 0 Å². The highest BCUT2D eigenvalue weighted by Gasteiger charge is 2.07. The van der Waals surface area contributed by atoms with Crippen LogP contribution in [0.4, 0.5) is 11.5 Å². The molecule has 0 aliphatic carbocycles. The van der Waals surface area contributed by atoms with Crippen molar-refractivity contribution >= 4 is 17.4 Å². The van der Waals surface area contributed by atoms with Gasteiger partial charge in [0, 0.05) is 29.6 Å². The van der Waals surface area contributed by atoms with Gasteiger partial charge in [0.15, 0.2) is 5.82 Å². The summed E-state index contributed by atoms with van der Waals surface area (Å²) in [4.78, 5) is 21.4. The predicted octanol–water partition coefficient (Wildman–Crippen LogP) is 5.61. The molecule has 33 heavy (non-hydrogen) atoms. The van der Waals surface area contributed by atoms with Gasteiger partial charge in [-0.3, -0.25) is 4.79 Å². The van der Waals surface area contributed by atoms with Gasteiger partial charge >= 0.3 is 0 Å². The Kier molecular flexibility index (Phi) is 7.28. The van der Waals surface area contributed by atoms with Gasteiger partial charge in [-0.1, -0.05) is 49.4 Å². The molecule has 0 aliphatic rings. The van der Waals surface area contributed by atoms with Gasteiger partial charge in [0.2, 0.25) is 0 Å². The summed E-state index contributed by atoms with van der Waals surface area (Å²) in [7, 11) is 0. The van der Waals surface area contributed by atoms with E-state index in [1.807, 2.05) is 72.8 Å². The Morgan fingerprint density at radius 2 is 1.67 bits per heavy atom. The van der Waals surface area contributed by atoms with Crippen LogP contribution in [0.3, 0.4) is 0 Å². The highest BCUT2D eigenvalue weighted by Crippen LogP contribution is 2.19. The normalized spacial score (nSPS) is 10.5. The largest absolute Gasteiger partial charge is 0.494 e. The second-order valence-corrected chi connectivity index (χ2v) is 7.51. The molecule has 4 rings (SSSR count). The van der Waals surface area contributed by atoms with Gasteiger partial charge in [-0.2, -0.15) is 0 Å². The third kappa shape index (κ3) is 6.17. The van der Waals surface area contributed by atoms with Crippen LogP contribution in [0.1, 0.15) is 29.3 Å². The van der Waals surface area contributed by atoms with Gasteiger partial charge in [-0.25, -0.2) is 9.97 Å². The minimum Gasteiger partial charge on any atom is -0.494 e. The van der Waals surface area contributed by atoms with Crippen molar-refractivity contribution < 1.29 is 9.53 Å². The fourth-order valence-electron chi connectivity index (χ4n) is 3.22. The molecule has 0 saturated heterocycles. The highest BCUT2D eigenvalue weighted by molar-refractivity contribution is 5.94. The SMILES string of the molecule is CCCOc1ccc(CNC(=O)c2ccc(Nc3ccnc(-c4ccccc4)n3)cc2)cc1. The summed E-state index contributed by atoms with van der Waals surface area (Å²) in [6, 6.07) is 26.7. The Morgan fingerprint density at radius 1 is 0.909 bits per heavy atom. The molecule has 2 N–H and O–H groups in total. The summed E-state index contributed by atoms with van der Waals surface area (Å²) < 4.78 is 5.59. The topological polar surface area (TPSA) is 76.1 Å². The summed E-state index contributed by atoms with van der Waals surface area (Å²) >= 11 is 0. The smallest absolute Gasteiger partial charge is 0.251 e. The number of carbonyl (C=O) groups is 1. The van der Waals surface area contributed by atoms with Gasteiger partial charge in [0.1, 0.15) is 11.6 Å². The van der Waals surface area contributed by atoms with Crippen LogP contribution in [0.2, 0.25) is 0 Å². The number of amides is 1. The van der Waals surface area contributed by atoms with E-state index in [-0.39, 0.29) is 5.91 Å². The number of aromatic nitrogens is 2. The maximum atomic E-state index is 12.5. The number of nitrogens with one attached hydrogen (secondary N) is 2. The first-order valence-electron chi connectivity index (χ1n) is 11.0. The van der Waals surface area contributed by atoms with Gasteiger partial charge in [-0.15, -0.1) is 0 Å². The number of hydrogen-bond donors (Lipinski definition) is 2. The molecule has 0 fully saturated rings. The molecular weight excluding hydrogens is 412 g/mol. The molecule has 0 unspecified atom stereocenters. The van der Waals surface area contributed by atoms with Crippen LogP contribution in [-0.2, 0) is 6.54 Å². The third-order valence-corrected chi connectivity index (χ3v) is 4.96. The first-order chi connectivity index (χ1) is 16.2. The number of ether oxygens (including phenoxy) is 1. The lowest BCUT2D eigenvalue weighted by atomic mass is 10.1. The first kappa shape index (κ1) is 22.0. The molecule has 1 amide bonds. The Labute approximate surface area is 193 Å². The Hall–Kier alpha value is -4.19. The molecule has 4 aromatic rings. The van der Waals surface area contributed by atoms with Crippen molar-refractivity contribution in [2.75, 3.05) is 11.9 Å². The molecule has 0 radical (unpaired) electrons. The number of anilines is 2. The zero-order valence-corrected chi connectivity index (χ0v) is 18.5. The molecule has 166 valence electrons. The molecule has 1 aromatic heterocycles. The lowest BCUT2D eigenvalue weighted by Crippen LogP contribution is -2.22. The monoisotopic (exact) mass is 438 g/mol. The average molecular weight is 439 g/mol. The summed E-state index contributed by atoms with van der Waals surface area (Å²) in [5.74, 6) is 2.06. The number of hydrogen-bond acceptors (Lipinski definition) is 5. The van der Waals surface area contributed by atoms with Crippen molar-refractivity contribution in [3.05, 3.63) is 102 Å². The second kappa shape index (κ2) is 10.9. The molecule has 3 aromatic carbocycles. The second-order valence-electron chi connectivity index (χ2n) is 7.51. The van der Waals surface area contributed by atoms with E-state index < -0.39 is 0 Å². The van der Waals surface area contributed by atoms with E-state index in [0.29, 0.717) is 30.4 Å². The van der Waals surface area contributed by atoms with E-state index in [1.54, 1.807) is 18.3 Å². The van der Waals surface area contributed by atoms with Gasteiger partial charge < -0.3 is 15.4 Å². The van der Waals surface area contributed by atoms with E-state index in [9.17, 15) is 4.79 Å². The van der Waals surface area contributed by atoms with E-state index >= 15 is 0 Å². The van der Waals surface area contributed by atoms with Crippen molar-refractivity contribution in [3.63, 3.8) is 0 Å². The summed E-state index contributed by atoms with van der Waals surface area (Å²) in [5.41, 5.74) is 3.41. The molecule has 0 aliphatic heterocycles. The Bertz CT molecular complexity index is 1180. The zero-order valence-electron chi connectivity index (χ0n) is 18.5. The lowest BCUT2D eigenvalue weighted by Gasteiger charge is -2.09. The van der Waals surface area contributed by atoms with Crippen LogP contribution >= 0.6 is 0 Å². The first-order valence-corrected chi connectivity index (χ1v) is 11.0. The predicted molar refractivity (Wildman–Crippen MR) is 131 cm³/mol. The third-order valence-electron chi connectivity index (χ3n) is 4.96. The maximum absolute atomic E-state index is 12.5. The van der Waals surface area contributed by atoms with E-state index in [4.69, 9.17) is 4.74 Å². The van der Waals surface area contributed by atoms with Gasteiger partial charge in [0.05, 0.1) is 6.61 Å². The van der Waals surface area contributed by atoms with E-state index in [2.05, 4.69) is 27.5 Å². The quantitative estimate of drug-likeness (QED) is 0.355. The lowest BCUT2D eigenvalue weighted by molar-refractivity contribution is 0.0951. The van der Waals surface area contributed by atoms with E-state index in [0.717, 1.165) is 29.0 Å². The Balaban J connectivity index is 1.33. The van der Waals surface area contributed by atoms with Crippen molar-refractivity contribution in [1.82, 2.24) is 15.3 Å². The fourth-order valence-corrected chi connectivity index (χ4v) is 3.22. The van der Waals surface area contributed by atoms with Crippen molar-refractivity contribution in [1.29, 1.82) is 0 Å². The molecule has 0 spiro atoms. The number of carbonyl (C=O) groups excluding carboxylic acids is 1. The van der Waals surface area contributed by atoms with Gasteiger partial charge in [-0.05, 0) is 54.4 Å². The summed E-state index contributed by atoms with van der Waals surface area (Å²) in [5, 5.41) is 6.22. The molecule has 1 heterocycles. The van der Waals surface area contributed by atoms with Crippen LogP contribution < -0.4 is 15.4 Å². The van der Waals surface area contributed by atoms with Gasteiger partial charge in [0.25, 0.3) is 5.91 Å². The Morgan fingerprint density at radius 3 is 2.39 bits per heavy atom. The number of rotatable bonds is 9. The number of nitrogens with zero attached hydrogens (tertiary/aromatic N) is 2. The van der Waals surface area contributed by atoms with Crippen LogP contribution in [-0.4, -0.2) is 22.5 Å². The molecule has 0 bridgehead atoms. The zero-order chi connectivity index (χ0) is 22.9. The standard InChI is InChI=1S/C27H26N4O2/c1-2-18-33-24-14-8-20(9-15-24)19-29-27(32)22-10-12-23(13-11-22)30-25-16-17-28-26(31-25)21-6-4-3-5-7-21/h3-17H,2,18-19H2,1H3,(H,29,32)(H,28,30,31). The van der Waals surface area contributed by atoms with Crippen LogP contribution in [0.15, 0.2) is 91.1 Å². The summed E-state index contributed by atoms with van der Waals surface area (Å²) in [6.45, 7) is 3.23. The van der Waals surface area contributed by atoms with Crippen molar-refractivity contribution in [2.45, 2.75) is 19.9 Å². The van der Waals surface area contributed by atoms with Crippen molar-refractivity contribution in [3.8, 4) is 17.1 Å². The minimum absolute atomic E-state index is 0.124. The van der Waals surface area contributed by atoms with Crippen LogP contribution in [0.25, 0.3) is 11.4 Å². The van der Waals surface area contributed by atoms with E-state index in [1.165, 1.54) is 0 Å². The van der Waals surface area contributed by atoms with Crippen LogP contribution in [0.5, 0.6) is 5.75 Å². The van der Waals surface area contributed by atoms with Crippen molar-refractivity contribution in [2.24, 2.45) is 0 Å². The molecule has 0 atom stereocenters. The number of benzene rings is 3. The highest BCUT2D eigenvalue weighted by atomic mass is 16.5. The molecule has 6 heteroatoms.